The Morgan fingerprint density at radius 1 is 1.33 bits per heavy atom. The van der Waals surface area contributed by atoms with E-state index in [0.717, 1.165) is 31.0 Å². The van der Waals surface area contributed by atoms with Crippen molar-refractivity contribution in [2.24, 2.45) is 5.73 Å². The normalized spacial score (nSPS) is 12.7. The Morgan fingerprint density at radius 3 is 2.60 bits per heavy atom. The number of nitrogens with two attached hydrogens (primary N) is 1. The molecule has 0 saturated carbocycles. The summed E-state index contributed by atoms with van der Waals surface area (Å²) >= 11 is 5.82. The second kappa shape index (κ2) is 6.83. The third kappa shape index (κ3) is 5.17. The van der Waals surface area contributed by atoms with Crippen molar-refractivity contribution in [2.75, 3.05) is 13.1 Å². The molecule has 15 heavy (non-hydrogen) atoms. The topological polar surface area (TPSA) is 38.0 Å². The van der Waals surface area contributed by atoms with E-state index in [1.54, 1.807) is 0 Å². The molecule has 0 bridgehead atoms. The van der Waals surface area contributed by atoms with Crippen LogP contribution in [0.25, 0.3) is 0 Å². The zero-order chi connectivity index (χ0) is 11.1. The zero-order valence-corrected chi connectivity index (χ0v) is 9.93. The fourth-order valence-corrected chi connectivity index (χ4v) is 1.62. The van der Waals surface area contributed by atoms with Crippen LogP contribution in [0, 0.1) is 0 Å². The van der Waals surface area contributed by atoms with E-state index >= 15 is 0 Å². The molecule has 3 heteroatoms. The van der Waals surface area contributed by atoms with E-state index in [1.807, 2.05) is 12.1 Å². The maximum Gasteiger partial charge on any atom is 0.0406 e. The van der Waals surface area contributed by atoms with Gasteiger partial charge in [-0.15, -0.1) is 0 Å². The zero-order valence-electron chi connectivity index (χ0n) is 9.17. The molecule has 0 amide bonds. The Morgan fingerprint density at radius 2 is 2.00 bits per heavy atom. The van der Waals surface area contributed by atoms with Gasteiger partial charge in [-0.05, 0) is 50.6 Å². The molecule has 1 unspecified atom stereocenters. The highest BCUT2D eigenvalue weighted by atomic mass is 35.5. The summed E-state index contributed by atoms with van der Waals surface area (Å²) in [5.74, 6) is 0. The first kappa shape index (κ1) is 12.5. The first-order valence-electron chi connectivity index (χ1n) is 5.40. The van der Waals surface area contributed by atoms with Gasteiger partial charge in [0.05, 0.1) is 0 Å². The predicted molar refractivity (Wildman–Crippen MR) is 66.3 cm³/mol. The van der Waals surface area contributed by atoms with Crippen LogP contribution < -0.4 is 11.1 Å². The summed E-state index contributed by atoms with van der Waals surface area (Å²) in [6.07, 6.45) is 2.06. The highest BCUT2D eigenvalue weighted by molar-refractivity contribution is 6.30. The molecule has 0 heterocycles. The molecule has 0 aromatic heterocycles. The highest BCUT2D eigenvalue weighted by Gasteiger charge is 2.01. The summed E-state index contributed by atoms with van der Waals surface area (Å²) in [4.78, 5) is 0. The molecule has 2 nitrogen and oxygen atoms in total. The first-order chi connectivity index (χ1) is 7.22. The van der Waals surface area contributed by atoms with E-state index in [2.05, 4.69) is 24.4 Å². The van der Waals surface area contributed by atoms with Gasteiger partial charge in [-0.1, -0.05) is 23.7 Å². The minimum atomic E-state index is 0.484. The molecule has 0 spiro atoms. The first-order valence-corrected chi connectivity index (χ1v) is 5.78. The Kier molecular flexibility index (Phi) is 5.69. The molecule has 84 valence electrons. The summed E-state index contributed by atoms with van der Waals surface area (Å²) < 4.78 is 0. The molecule has 1 aromatic carbocycles. The van der Waals surface area contributed by atoms with Gasteiger partial charge in [0.15, 0.2) is 0 Å². The fourth-order valence-electron chi connectivity index (χ4n) is 1.50. The molecule has 0 radical (unpaired) electrons. The van der Waals surface area contributed by atoms with Gasteiger partial charge in [-0.3, -0.25) is 0 Å². The molecule has 1 aromatic rings. The summed E-state index contributed by atoms with van der Waals surface area (Å²) in [6, 6.07) is 8.50. The van der Waals surface area contributed by atoms with Gasteiger partial charge in [-0.25, -0.2) is 0 Å². The molecule has 0 saturated heterocycles. The third-order valence-corrected chi connectivity index (χ3v) is 2.58. The lowest BCUT2D eigenvalue weighted by molar-refractivity contribution is 0.537. The molecule has 1 rings (SSSR count). The smallest absolute Gasteiger partial charge is 0.0406 e. The van der Waals surface area contributed by atoms with E-state index in [-0.39, 0.29) is 0 Å². The average Bonchev–Trinajstić information content (AvgIpc) is 2.22. The second-order valence-corrected chi connectivity index (χ2v) is 4.26. The van der Waals surface area contributed by atoms with Gasteiger partial charge in [0.2, 0.25) is 0 Å². The monoisotopic (exact) mass is 226 g/mol. The lowest BCUT2D eigenvalue weighted by Gasteiger charge is -2.13. The van der Waals surface area contributed by atoms with Crippen LogP contribution in [0.4, 0.5) is 0 Å². The lowest BCUT2D eigenvalue weighted by Crippen LogP contribution is -2.30. The van der Waals surface area contributed by atoms with Gasteiger partial charge in [-0.2, -0.15) is 0 Å². The molecule has 0 fully saturated rings. The second-order valence-electron chi connectivity index (χ2n) is 3.83. The van der Waals surface area contributed by atoms with Crippen LogP contribution in [0.15, 0.2) is 24.3 Å². The van der Waals surface area contributed by atoms with Crippen molar-refractivity contribution < 1.29 is 0 Å². The van der Waals surface area contributed by atoms with Crippen molar-refractivity contribution in [3.63, 3.8) is 0 Å². The summed E-state index contributed by atoms with van der Waals surface area (Å²) in [5, 5.41) is 4.23. The summed E-state index contributed by atoms with van der Waals surface area (Å²) in [6.45, 7) is 3.93. The molecule has 0 aliphatic rings. The number of nitrogens with one attached hydrogen (secondary N) is 1. The number of rotatable bonds is 6. The van der Waals surface area contributed by atoms with Crippen LogP contribution in [0.3, 0.4) is 0 Å². The average molecular weight is 227 g/mol. The van der Waals surface area contributed by atoms with Gasteiger partial charge in [0, 0.05) is 11.1 Å². The van der Waals surface area contributed by atoms with E-state index in [1.165, 1.54) is 5.56 Å². The fraction of sp³-hybridized carbons (Fsp3) is 0.500. The number of hydrogen-bond donors (Lipinski definition) is 2. The van der Waals surface area contributed by atoms with E-state index in [4.69, 9.17) is 17.3 Å². The predicted octanol–water partition coefficient (Wildman–Crippen LogP) is 2.21. The largest absolute Gasteiger partial charge is 0.330 e. The van der Waals surface area contributed by atoms with Crippen LogP contribution in [-0.2, 0) is 6.42 Å². The van der Waals surface area contributed by atoms with Gasteiger partial charge < -0.3 is 11.1 Å². The van der Waals surface area contributed by atoms with Crippen molar-refractivity contribution in [2.45, 2.75) is 25.8 Å². The maximum atomic E-state index is 5.82. The quantitative estimate of drug-likeness (QED) is 0.730. The van der Waals surface area contributed by atoms with Crippen LogP contribution in [0.1, 0.15) is 18.9 Å². The highest BCUT2D eigenvalue weighted by Crippen LogP contribution is 2.10. The molecule has 1 atom stereocenters. The van der Waals surface area contributed by atoms with Gasteiger partial charge >= 0.3 is 0 Å². The van der Waals surface area contributed by atoms with Crippen molar-refractivity contribution >= 4 is 11.6 Å². The van der Waals surface area contributed by atoms with E-state index in [9.17, 15) is 0 Å². The number of halogens is 1. The van der Waals surface area contributed by atoms with Crippen LogP contribution in [0.2, 0.25) is 5.02 Å². The molecular formula is C12H19ClN2. The van der Waals surface area contributed by atoms with E-state index < -0.39 is 0 Å². The van der Waals surface area contributed by atoms with Crippen molar-refractivity contribution in [1.29, 1.82) is 0 Å². The Labute approximate surface area is 96.8 Å². The van der Waals surface area contributed by atoms with Crippen LogP contribution >= 0.6 is 11.6 Å². The van der Waals surface area contributed by atoms with Crippen molar-refractivity contribution in [1.82, 2.24) is 5.32 Å². The minimum absolute atomic E-state index is 0.484. The summed E-state index contributed by atoms with van der Waals surface area (Å²) in [5.41, 5.74) is 6.74. The van der Waals surface area contributed by atoms with Crippen molar-refractivity contribution in [3.05, 3.63) is 34.9 Å². The molecule has 3 N–H and O–H groups in total. The maximum absolute atomic E-state index is 5.82. The molecular weight excluding hydrogens is 208 g/mol. The Bertz CT molecular complexity index is 271. The van der Waals surface area contributed by atoms with Gasteiger partial charge in [0.1, 0.15) is 0 Å². The van der Waals surface area contributed by atoms with E-state index in [0.29, 0.717) is 6.04 Å². The van der Waals surface area contributed by atoms with Crippen LogP contribution in [-0.4, -0.2) is 19.1 Å². The molecule has 0 aliphatic heterocycles. The van der Waals surface area contributed by atoms with Crippen LogP contribution in [0.5, 0.6) is 0 Å². The third-order valence-electron chi connectivity index (χ3n) is 2.33. The Balaban J connectivity index is 2.31. The lowest BCUT2D eigenvalue weighted by atomic mass is 10.1. The molecule has 0 aliphatic carbocycles. The van der Waals surface area contributed by atoms with Crippen molar-refractivity contribution in [3.8, 4) is 0 Å². The summed E-state index contributed by atoms with van der Waals surface area (Å²) in [7, 11) is 0. The standard InChI is InChI=1S/C12H19ClN2/c1-10(15-8-2-7-14)9-11-3-5-12(13)6-4-11/h3-6,10,15H,2,7-9,14H2,1H3. The van der Waals surface area contributed by atoms with Gasteiger partial charge in [0.25, 0.3) is 0 Å². The minimum Gasteiger partial charge on any atom is -0.330 e. The number of hydrogen-bond acceptors (Lipinski definition) is 2. The Hall–Kier alpha value is -0.570. The number of benzene rings is 1. The SMILES string of the molecule is CC(Cc1ccc(Cl)cc1)NCCCN.